The van der Waals surface area contributed by atoms with Gasteiger partial charge in [0.15, 0.2) is 0 Å². The van der Waals surface area contributed by atoms with Gasteiger partial charge in [0, 0.05) is 45.3 Å². The topological polar surface area (TPSA) is 43.9 Å². The number of piperazine rings is 1. The molecule has 0 radical (unpaired) electrons. The summed E-state index contributed by atoms with van der Waals surface area (Å²) in [6, 6.07) is 0.745. The quantitative estimate of drug-likeness (QED) is 0.711. The van der Waals surface area contributed by atoms with Crippen molar-refractivity contribution in [2.75, 3.05) is 46.5 Å². The molecule has 1 fully saturated rings. The third-order valence-corrected chi connectivity index (χ3v) is 4.71. The van der Waals surface area contributed by atoms with Gasteiger partial charge in [-0.05, 0) is 20.9 Å². The van der Waals surface area contributed by atoms with Crippen molar-refractivity contribution in [2.24, 2.45) is 0 Å². The van der Waals surface area contributed by atoms with E-state index in [1.807, 2.05) is 0 Å². The average Bonchev–Trinajstić information content (AvgIpc) is 2.15. The molecule has 0 aromatic carbocycles. The van der Waals surface area contributed by atoms with Crippen LogP contribution < -0.4 is 0 Å². The van der Waals surface area contributed by atoms with E-state index in [4.69, 9.17) is 0 Å². The minimum Gasteiger partial charge on any atom is -0.303 e. The van der Waals surface area contributed by atoms with Crippen molar-refractivity contribution in [3.05, 3.63) is 0 Å². The van der Waals surface area contributed by atoms with Crippen LogP contribution in [0.1, 0.15) is 13.8 Å². The highest BCUT2D eigenvalue weighted by atomic mass is 32.2. The van der Waals surface area contributed by atoms with E-state index in [0.717, 1.165) is 19.6 Å². The summed E-state index contributed by atoms with van der Waals surface area (Å²) in [5, 5.41) is 0. The van der Waals surface area contributed by atoms with Crippen molar-refractivity contribution in [3.8, 4) is 0 Å². The highest BCUT2D eigenvalue weighted by molar-refractivity contribution is 7.88. The molecule has 6 heteroatoms. The first-order valence-corrected chi connectivity index (χ1v) is 7.92. The highest BCUT2D eigenvalue weighted by Gasteiger charge is 2.29. The second-order valence-corrected chi connectivity index (χ2v) is 7.38. The Morgan fingerprint density at radius 1 is 1.35 bits per heavy atom. The summed E-state index contributed by atoms with van der Waals surface area (Å²) < 4.78 is 24.4. The molecule has 0 aromatic rings. The molecule has 0 amide bonds. The van der Waals surface area contributed by atoms with Crippen molar-refractivity contribution in [3.63, 3.8) is 0 Å². The number of sulfonamides is 1. The predicted molar refractivity (Wildman–Crippen MR) is 70.6 cm³/mol. The van der Waals surface area contributed by atoms with Gasteiger partial charge in [-0.25, -0.2) is 12.7 Å². The lowest BCUT2D eigenvalue weighted by Gasteiger charge is -2.43. The van der Waals surface area contributed by atoms with Gasteiger partial charge in [0.2, 0.25) is 10.0 Å². The first-order chi connectivity index (χ1) is 7.71. The lowest BCUT2D eigenvalue weighted by molar-refractivity contribution is 0.0564. The van der Waals surface area contributed by atoms with E-state index in [9.17, 15) is 8.42 Å². The maximum Gasteiger partial charge on any atom is 0.211 e. The molecule has 1 heterocycles. The molecule has 0 spiro atoms. The van der Waals surface area contributed by atoms with Crippen LogP contribution in [0.15, 0.2) is 0 Å². The van der Waals surface area contributed by atoms with E-state index in [0.29, 0.717) is 12.6 Å². The fourth-order valence-corrected chi connectivity index (χ4v) is 2.74. The summed E-state index contributed by atoms with van der Waals surface area (Å²) in [5.41, 5.74) is 0. The molecule has 0 aromatic heterocycles. The van der Waals surface area contributed by atoms with Crippen molar-refractivity contribution in [2.45, 2.75) is 25.9 Å². The van der Waals surface area contributed by atoms with Crippen molar-refractivity contribution in [1.82, 2.24) is 14.1 Å². The zero-order valence-electron chi connectivity index (χ0n) is 11.5. The van der Waals surface area contributed by atoms with Gasteiger partial charge in [-0.3, -0.25) is 4.90 Å². The van der Waals surface area contributed by atoms with Crippen LogP contribution in [0, 0.1) is 0 Å². The smallest absolute Gasteiger partial charge is 0.211 e. The van der Waals surface area contributed by atoms with Crippen LogP contribution in [-0.4, -0.2) is 81.1 Å². The zero-order valence-corrected chi connectivity index (χ0v) is 12.4. The van der Waals surface area contributed by atoms with Gasteiger partial charge in [-0.15, -0.1) is 0 Å². The monoisotopic (exact) mass is 263 g/mol. The van der Waals surface area contributed by atoms with E-state index in [1.165, 1.54) is 10.6 Å². The Kier molecular flexibility index (Phi) is 4.95. The standard InChI is InChI=1S/C11H25N3O2S/c1-10(2)14-7-6-12(3)8-11(14)9-13(4)17(5,15)16/h10-11H,6-9H2,1-5H3. The zero-order chi connectivity index (χ0) is 13.2. The Hall–Kier alpha value is -0.170. The molecular weight excluding hydrogens is 238 g/mol. The molecule has 1 aliphatic heterocycles. The van der Waals surface area contributed by atoms with E-state index in [2.05, 4.69) is 30.7 Å². The first kappa shape index (κ1) is 14.9. The predicted octanol–water partition coefficient (Wildman–Crippen LogP) is -0.0978. The van der Waals surface area contributed by atoms with Crippen LogP contribution in [0.2, 0.25) is 0 Å². The molecule has 0 N–H and O–H groups in total. The highest BCUT2D eigenvalue weighted by Crippen LogP contribution is 2.14. The molecule has 0 saturated carbocycles. The van der Waals surface area contributed by atoms with E-state index in [-0.39, 0.29) is 6.04 Å². The fourth-order valence-electron chi connectivity index (χ4n) is 2.30. The molecule has 0 aliphatic carbocycles. The third kappa shape index (κ3) is 4.21. The van der Waals surface area contributed by atoms with Crippen LogP contribution in [0.5, 0.6) is 0 Å². The Morgan fingerprint density at radius 2 is 1.94 bits per heavy atom. The van der Waals surface area contributed by atoms with Crippen LogP contribution in [0.3, 0.4) is 0 Å². The molecule has 1 saturated heterocycles. The molecule has 1 unspecified atom stereocenters. The largest absolute Gasteiger partial charge is 0.303 e. The van der Waals surface area contributed by atoms with Gasteiger partial charge >= 0.3 is 0 Å². The fraction of sp³-hybridized carbons (Fsp3) is 1.00. The molecule has 0 bridgehead atoms. The minimum atomic E-state index is -3.08. The SMILES string of the molecule is CC(C)N1CCN(C)CC1CN(C)S(C)(=O)=O. The van der Waals surface area contributed by atoms with Gasteiger partial charge < -0.3 is 4.90 Å². The Balaban J connectivity index is 2.70. The van der Waals surface area contributed by atoms with Gasteiger partial charge in [0.05, 0.1) is 6.26 Å². The summed E-state index contributed by atoms with van der Waals surface area (Å²) in [6.45, 7) is 7.89. The van der Waals surface area contributed by atoms with Gasteiger partial charge in [-0.2, -0.15) is 0 Å². The molecule has 17 heavy (non-hydrogen) atoms. The van der Waals surface area contributed by atoms with Crippen LogP contribution in [0.4, 0.5) is 0 Å². The lowest BCUT2D eigenvalue weighted by atomic mass is 10.1. The summed E-state index contributed by atoms with van der Waals surface area (Å²) in [7, 11) is 0.663. The maximum absolute atomic E-state index is 11.5. The Labute approximate surface area is 105 Å². The number of hydrogen-bond acceptors (Lipinski definition) is 4. The van der Waals surface area contributed by atoms with Crippen LogP contribution in [-0.2, 0) is 10.0 Å². The number of nitrogens with zero attached hydrogens (tertiary/aromatic N) is 3. The van der Waals surface area contributed by atoms with Crippen molar-refractivity contribution in [1.29, 1.82) is 0 Å². The molecule has 1 aliphatic rings. The van der Waals surface area contributed by atoms with Gasteiger partial charge in [-0.1, -0.05) is 0 Å². The van der Waals surface area contributed by atoms with E-state index < -0.39 is 10.0 Å². The Morgan fingerprint density at radius 3 is 2.41 bits per heavy atom. The van der Waals surface area contributed by atoms with Gasteiger partial charge in [0.25, 0.3) is 0 Å². The molecule has 5 nitrogen and oxygen atoms in total. The lowest BCUT2D eigenvalue weighted by Crippen LogP contribution is -2.58. The number of hydrogen-bond donors (Lipinski definition) is 0. The summed E-state index contributed by atoms with van der Waals surface area (Å²) in [6.07, 6.45) is 1.26. The number of rotatable bonds is 4. The van der Waals surface area contributed by atoms with Crippen molar-refractivity contribution < 1.29 is 8.42 Å². The summed E-state index contributed by atoms with van der Waals surface area (Å²) >= 11 is 0. The van der Waals surface area contributed by atoms with E-state index >= 15 is 0 Å². The second kappa shape index (κ2) is 5.65. The van der Waals surface area contributed by atoms with Crippen LogP contribution in [0.25, 0.3) is 0 Å². The van der Waals surface area contributed by atoms with Crippen LogP contribution >= 0.6 is 0 Å². The van der Waals surface area contributed by atoms with E-state index in [1.54, 1.807) is 7.05 Å². The average molecular weight is 263 g/mol. The molecular formula is C11H25N3O2S. The number of likely N-dealkylation sites (N-methyl/N-ethyl adjacent to an activating group) is 2. The molecule has 102 valence electrons. The minimum absolute atomic E-state index is 0.286. The second-order valence-electron chi connectivity index (χ2n) is 5.29. The summed E-state index contributed by atoms with van der Waals surface area (Å²) in [4.78, 5) is 4.65. The third-order valence-electron chi connectivity index (χ3n) is 3.43. The Bertz CT molecular complexity index is 343. The summed E-state index contributed by atoms with van der Waals surface area (Å²) in [5.74, 6) is 0. The van der Waals surface area contributed by atoms with Gasteiger partial charge in [0.1, 0.15) is 0 Å². The normalized spacial score (nSPS) is 24.8. The maximum atomic E-state index is 11.5. The molecule has 1 rings (SSSR count). The van der Waals surface area contributed by atoms with Crippen molar-refractivity contribution >= 4 is 10.0 Å². The first-order valence-electron chi connectivity index (χ1n) is 6.07. The molecule has 1 atom stereocenters.